The van der Waals surface area contributed by atoms with Crippen molar-refractivity contribution in [3.8, 4) is 0 Å². The quantitative estimate of drug-likeness (QED) is 0.893. The third-order valence-electron chi connectivity index (χ3n) is 4.47. The van der Waals surface area contributed by atoms with Gasteiger partial charge in [-0.05, 0) is 50.7 Å². The summed E-state index contributed by atoms with van der Waals surface area (Å²) in [7, 11) is 0. The third-order valence-corrected chi connectivity index (χ3v) is 4.47. The summed E-state index contributed by atoms with van der Waals surface area (Å²) in [5, 5.41) is 12.3. The van der Waals surface area contributed by atoms with E-state index in [1.54, 1.807) is 12.1 Å². The molecule has 0 aromatic carbocycles. The SMILES string of the molecule is CCC1CCC(NC(=O)c2ccc(C)nc2)(C(=O)O)CC1. The molecule has 1 aliphatic carbocycles. The molecule has 5 heteroatoms. The van der Waals surface area contributed by atoms with E-state index in [0.29, 0.717) is 24.3 Å². The van der Waals surface area contributed by atoms with E-state index in [1.807, 2.05) is 6.92 Å². The first-order valence-corrected chi connectivity index (χ1v) is 7.45. The zero-order chi connectivity index (χ0) is 15.5. The number of carboxylic acid groups (broad SMARTS) is 1. The number of aliphatic carboxylic acids is 1. The van der Waals surface area contributed by atoms with Crippen molar-refractivity contribution in [3.05, 3.63) is 29.6 Å². The summed E-state index contributed by atoms with van der Waals surface area (Å²) >= 11 is 0. The van der Waals surface area contributed by atoms with Gasteiger partial charge in [0.05, 0.1) is 5.56 Å². The van der Waals surface area contributed by atoms with Crippen molar-refractivity contribution in [1.82, 2.24) is 10.3 Å². The van der Waals surface area contributed by atoms with E-state index in [-0.39, 0.29) is 5.91 Å². The molecule has 1 aromatic heterocycles. The summed E-state index contributed by atoms with van der Waals surface area (Å²) in [6, 6.07) is 3.42. The highest BCUT2D eigenvalue weighted by molar-refractivity contribution is 5.97. The first kappa shape index (κ1) is 15.5. The lowest BCUT2D eigenvalue weighted by atomic mass is 9.75. The fourth-order valence-electron chi connectivity index (χ4n) is 2.86. The zero-order valence-corrected chi connectivity index (χ0v) is 12.6. The molecule has 0 radical (unpaired) electrons. The smallest absolute Gasteiger partial charge is 0.329 e. The summed E-state index contributed by atoms with van der Waals surface area (Å²) in [5.74, 6) is -0.735. The van der Waals surface area contributed by atoms with Crippen LogP contribution in [0.2, 0.25) is 0 Å². The van der Waals surface area contributed by atoms with Crippen molar-refractivity contribution in [2.45, 2.75) is 51.5 Å². The minimum Gasteiger partial charge on any atom is -0.480 e. The molecule has 0 atom stereocenters. The van der Waals surface area contributed by atoms with E-state index in [4.69, 9.17) is 0 Å². The molecule has 0 saturated heterocycles. The molecule has 1 aliphatic rings. The Morgan fingerprint density at radius 2 is 2.05 bits per heavy atom. The highest BCUT2D eigenvalue weighted by Crippen LogP contribution is 2.34. The molecule has 0 bridgehead atoms. The normalized spacial score (nSPS) is 25.3. The molecule has 1 saturated carbocycles. The van der Waals surface area contributed by atoms with E-state index >= 15 is 0 Å². The van der Waals surface area contributed by atoms with Gasteiger partial charge in [-0.15, -0.1) is 0 Å². The van der Waals surface area contributed by atoms with Gasteiger partial charge in [0.2, 0.25) is 0 Å². The number of carboxylic acids is 1. The fraction of sp³-hybridized carbons (Fsp3) is 0.562. The predicted octanol–water partition coefficient (Wildman–Crippen LogP) is 2.54. The van der Waals surface area contributed by atoms with Crippen LogP contribution >= 0.6 is 0 Å². The predicted molar refractivity (Wildman–Crippen MR) is 79.1 cm³/mol. The molecule has 21 heavy (non-hydrogen) atoms. The summed E-state index contributed by atoms with van der Waals surface area (Å²) in [5.41, 5.74) is 0.0926. The lowest BCUT2D eigenvalue weighted by Crippen LogP contribution is -2.56. The van der Waals surface area contributed by atoms with Crippen LogP contribution in [0.5, 0.6) is 0 Å². The minimum absolute atomic E-state index is 0.361. The van der Waals surface area contributed by atoms with Crippen molar-refractivity contribution >= 4 is 11.9 Å². The van der Waals surface area contributed by atoms with Crippen LogP contribution in [0.1, 0.15) is 55.1 Å². The van der Waals surface area contributed by atoms with Crippen LogP contribution in [-0.2, 0) is 4.79 Å². The van der Waals surface area contributed by atoms with Crippen LogP contribution in [0, 0.1) is 12.8 Å². The number of aromatic nitrogens is 1. The van der Waals surface area contributed by atoms with Crippen molar-refractivity contribution < 1.29 is 14.7 Å². The van der Waals surface area contributed by atoms with Gasteiger partial charge in [0.25, 0.3) is 5.91 Å². The highest BCUT2D eigenvalue weighted by Gasteiger charge is 2.43. The van der Waals surface area contributed by atoms with Crippen LogP contribution in [0.15, 0.2) is 18.3 Å². The second-order valence-electron chi connectivity index (χ2n) is 5.88. The van der Waals surface area contributed by atoms with Crippen molar-refractivity contribution in [3.63, 3.8) is 0 Å². The number of nitrogens with zero attached hydrogens (tertiary/aromatic N) is 1. The number of hydrogen-bond acceptors (Lipinski definition) is 3. The maximum absolute atomic E-state index is 12.3. The van der Waals surface area contributed by atoms with Crippen LogP contribution in [0.25, 0.3) is 0 Å². The molecule has 1 aromatic rings. The molecular formula is C16H22N2O3. The van der Waals surface area contributed by atoms with Crippen LogP contribution in [0.4, 0.5) is 0 Å². The van der Waals surface area contributed by atoms with Gasteiger partial charge in [0.1, 0.15) is 5.54 Å². The lowest BCUT2D eigenvalue weighted by molar-refractivity contribution is -0.146. The molecule has 1 heterocycles. The van der Waals surface area contributed by atoms with Gasteiger partial charge in [0.15, 0.2) is 0 Å². The number of aryl methyl sites for hydroxylation is 1. The number of nitrogens with one attached hydrogen (secondary N) is 1. The summed E-state index contributed by atoms with van der Waals surface area (Å²) in [6.45, 7) is 3.96. The highest BCUT2D eigenvalue weighted by atomic mass is 16.4. The number of rotatable bonds is 4. The van der Waals surface area contributed by atoms with Gasteiger partial charge >= 0.3 is 5.97 Å². The van der Waals surface area contributed by atoms with Crippen molar-refractivity contribution in [2.24, 2.45) is 5.92 Å². The van der Waals surface area contributed by atoms with Gasteiger partial charge in [0, 0.05) is 11.9 Å². The van der Waals surface area contributed by atoms with E-state index in [0.717, 1.165) is 25.0 Å². The molecule has 1 amide bonds. The second-order valence-corrected chi connectivity index (χ2v) is 5.88. The van der Waals surface area contributed by atoms with Gasteiger partial charge in [-0.1, -0.05) is 13.3 Å². The van der Waals surface area contributed by atoms with E-state index in [2.05, 4.69) is 17.2 Å². The summed E-state index contributed by atoms with van der Waals surface area (Å²) in [6.07, 6.45) is 5.21. The zero-order valence-electron chi connectivity index (χ0n) is 12.6. The average Bonchev–Trinajstić information content (AvgIpc) is 2.48. The average molecular weight is 290 g/mol. The minimum atomic E-state index is -1.13. The Morgan fingerprint density at radius 1 is 1.38 bits per heavy atom. The van der Waals surface area contributed by atoms with Crippen LogP contribution in [0.3, 0.4) is 0 Å². The maximum atomic E-state index is 12.3. The largest absolute Gasteiger partial charge is 0.480 e. The topological polar surface area (TPSA) is 79.3 Å². The standard InChI is InChI=1S/C16H22N2O3/c1-3-12-6-8-16(9-7-12,15(20)21)18-14(19)13-5-4-11(2)17-10-13/h4-5,10,12H,3,6-9H2,1-2H3,(H,18,19)(H,20,21). The Morgan fingerprint density at radius 3 is 2.52 bits per heavy atom. The molecular weight excluding hydrogens is 268 g/mol. The van der Waals surface area contributed by atoms with Crippen molar-refractivity contribution in [1.29, 1.82) is 0 Å². The Labute approximate surface area is 124 Å². The molecule has 1 fully saturated rings. The van der Waals surface area contributed by atoms with Crippen LogP contribution < -0.4 is 5.32 Å². The number of amides is 1. The lowest BCUT2D eigenvalue weighted by Gasteiger charge is -2.37. The number of pyridine rings is 1. The van der Waals surface area contributed by atoms with Gasteiger partial charge < -0.3 is 10.4 Å². The Kier molecular flexibility index (Phi) is 4.60. The molecule has 0 spiro atoms. The van der Waals surface area contributed by atoms with Gasteiger partial charge in [-0.3, -0.25) is 9.78 Å². The molecule has 2 rings (SSSR count). The Hall–Kier alpha value is -1.91. The third kappa shape index (κ3) is 3.40. The Bertz CT molecular complexity index is 517. The van der Waals surface area contributed by atoms with Gasteiger partial charge in [-0.25, -0.2) is 4.79 Å². The second kappa shape index (κ2) is 6.24. The molecule has 0 aliphatic heterocycles. The number of carbonyl (C=O) groups is 2. The summed E-state index contributed by atoms with van der Waals surface area (Å²) in [4.78, 5) is 28.0. The van der Waals surface area contributed by atoms with Gasteiger partial charge in [-0.2, -0.15) is 0 Å². The fourth-order valence-corrected chi connectivity index (χ4v) is 2.86. The molecule has 0 unspecified atom stereocenters. The molecule has 114 valence electrons. The molecule has 5 nitrogen and oxygen atoms in total. The molecule has 2 N–H and O–H groups in total. The van der Waals surface area contributed by atoms with Crippen molar-refractivity contribution in [2.75, 3.05) is 0 Å². The monoisotopic (exact) mass is 290 g/mol. The van der Waals surface area contributed by atoms with E-state index < -0.39 is 11.5 Å². The first-order valence-electron chi connectivity index (χ1n) is 7.45. The number of hydrogen-bond donors (Lipinski definition) is 2. The first-order chi connectivity index (χ1) is 9.97. The number of carbonyl (C=O) groups excluding carboxylic acids is 1. The summed E-state index contributed by atoms with van der Waals surface area (Å²) < 4.78 is 0. The van der Waals surface area contributed by atoms with Crippen LogP contribution in [-0.4, -0.2) is 27.5 Å². The maximum Gasteiger partial charge on any atom is 0.329 e. The van der Waals surface area contributed by atoms with E-state index in [1.165, 1.54) is 6.20 Å². The Balaban J connectivity index is 2.12. The van der Waals surface area contributed by atoms with E-state index in [9.17, 15) is 14.7 Å².